The summed E-state index contributed by atoms with van der Waals surface area (Å²) in [6.07, 6.45) is 1.43. The molecule has 0 aromatic heterocycles. The number of sulfonamides is 1. The third-order valence-electron chi connectivity index (χ3n) is 5.12. The predicted molar refractivity (Wildman–Crippen MR) is 137 cm³/mol. The van der Waals surface area contributed by atoms with Crippen molar-refractivity contribution in [2.45, 2.75) is 59.2 Å². The van der Waals surface area contributed by atoms with Gasteiger partial charge in [0.15, 0.2) is 0 Å². The van der Waals surface area contributed by atoms with E-state index in [4.69, 9.17) is 11.6 Å². The molecule has 2 amide bonds. The second kappa shape index (κ2) is 11.2. The van der Waals surface area contributed by atoms with Crippen LogP contribution in [0.4, 0.5) is 5.69 Å². The number of anilines is 1. The molecule has 0 saturated carbocycles. The van der Waals surface area contributed by atoms with Crippen LogP contribution in [0.1, 0.15) is 45.2 Å². The second-order valence-electron chi connectivity index (χ2n) is 9.42. The van der Waals surface area contributed by atoms with Crippen LogP contribution in [0.25, 0.3) is 0 Å². The van der Waals surface area contributed by atoms with Gasteiger partial charge in [-0.05, 0) is 69.5 Å². The van der Waals surface area contributed by atoms with Crippen molar-refractivity contribution in [3.63, 3.8) is 0 Å². The molecule has 2 aromatic carbocycles. The van der Waals surface area contributed by atoms with E-state index >= 15 is 0 Å². The molecule has 1 N–H and O–H groups in total. The zero-order valence-electron chi connectivity index (χ0n) is 20.6. The van der Waals surface area contributed by atoms with Crippen LogP contribution in [0.5, 0.6) is 0 Å². The largest absolute Gasteiger partial charge is 0.350 e. The number of rotatable bonds is 9. The Balaban J connectivity index is 2.45. The highest BCUT2D eigenvalue weighted by atomic mass is 35.5. The van der Waals surface area contributed by atoms with Gasteiger partial charge in [-0.3, -0.25) is 13.9 Å². The molecule has 0 heterocycles. The number of amides is 2. The van der Waals surface area contributed by atoms with Crippen molar-refractivity contribution in [2.24, 2.45) is 0 Å². The molecular weight excluding hydrogens is 474 g/mol. The van der Waals surface area contributed by atoms with Gasteiger partial charge in [0.2, 0.25) is 21.8 Å². The zero-order chi connectivity index (χ0) is 25.7. The summed E-state index contributed by atoms with van der Waals surface area (Å²) in [5.41, 5.74) is 1.56. The summed E-state index contributed by atoms with van der Waals surface area (Å²) in [5, 5.41) is 3.49. The molecule has 1 atom stereocenters. The van der Waals surface area contributed by atoms with Gasteiger partial charge in [-0.2, -0.15) is 0 Å². The Kier molecular flexibility index (Phi) is 9.14. The molecule has 0 spiro atoms. The van der Waals surface area contributed by atoms with E-state index in [-0.39, 0.29) is 12.5 Å². The molecule has 0 aliphatic carbocycles. The Morgan fingerprint density at radius 1 is 1.09 bits per heavy atom. The number of benzene rings is 2. The summed E-state index contributed by atoms with van der Waals surface area (Å²) >= 11 is 6.01. The van der Waals surface area contributed by atoms with Gasteiger partial charge in [0, 0.05) is 17.1 Å². The van der Waals surface area contributed by atoms with Crippen molar-refractivity contribution in [3.05, 3.63) is 64.7 Å². The van der Waals surface area contributed by atoms with Crippen molar-refractivity contribution >= 4 is 39.1 Å². The van der Waals surface area contributed by atoms with Gasteiger partial charge in [-0.15, -0.1) is 0 Å². The molecule has 2 rings (SSSR count). The lowest BCUT2D eigenvalue weighted by atomic mass is 10.1. The molecule has 0 unspecified atom stereocenters. The third kappa shape index (κ3) is 8.02. The predicted octanol–water partition coefficient (Wildman–Crippen LogP) is 4.14. The quantitative estimate of drug-likeness (QED) is 0.552. The average molecular weight is 508 g/mol. The van der Waals surface area contributed by atoms with Gasteiger partial charge in [0.1, 0.15) is 12.6 Å². The van der Waals surface area contributed by atoms with E-state index in [0.717, 1.165) is 21.7 Å². The fraction of sp³-hybridized carbons (Fsp3) is 0.440. The molecule has 0 radical (unpaired) electrons. The van der Waals surface area contributed by atoms with Crippen LogP contribution in [0, 0.1) is 6.92 Å². The fourth-order valence-corrected chi connectivity index (χ4v) is 4.52. The standard InChI is InChI=1S/C25H34ClN3O4S/c1-7-22(24(31)27-25(3,4)5)28(16-19-11-13-20(26)14-12-19)23(30)17-29(34(6,32)33)21-10-8-9-18(2)15-21/h8-15,22H,7,16-17H2,1-6H3,(H,27,31)/t22-/m1/s1. The van der Waals surface area contributed by atoms with E-state index in [1.807, 2.05) is 40.7 Å². The first-order chi connectivity index (χ1) is 15.7. The van der Waals surface area contributed by atoms with Crippen LogP contribution >= 0.6 is 11.6 Å². The first-order valence-electron chi connectivity index (χ1n) is 11.1. The minimum Gasteiger partial charge on any atom is -0.350 e. The van der Waals surface area contributed by atoms with E-state index in [1.54, 1.807) is 42.5 Å². The van der Waals surface area contributed by atoms with Crippen molar-refractivity contribution < 1.29 is 18.0 Å². The van der Waals surface area contributed by atoms with Gasteiger partial charge in [-0.1, -0.05) is 42.8 Å². The molecule has 7 nitrogen and oxygen atoms in total. The van der Waals surface area contributed by atoms with Crippen molar-refractivity contribution in [1.29, 1.82) is 0 Å². The maximum atomic E-state index is 13.6. The van der Waals surface area contributed by atoms with Crippen molar-refractivity contribution in [1.82, 2.24) is 10.2 Å². The van der Waals surface area contributed by atoms with E-state index < -0.39 is 34.1 Å². The van der Waals surface area contributed by atoms with Gasteiger partial charge >= 0.3 is 0 Å². The number of nitrogens with one attached hydrogen (secondary N) is 1. The fourth-order valence-electron chi connectivity index (χ4n) is 3.56. The van der Waals surface area contributed by atoms with E-state index in [1.165, 1.54) is 4.90 Å². The molecule has 0 bridgehead atoms. The second-order valence-corrected chi connectivity index (χ2v) is 11.8. The number of aryl methyl sites for hydroxylation is 1. The Labute approximate surface area is 208 Å². The van der Waals surface area contributed by atoms with Crippen LogP contribution in [-0.2, 0) is 26.2 Å². The summed E-state index contributed by atoms with van der Waals surface area (Å²) < 4.78 is 26.3. The minimum atomic E-state index is -3.76. The van der Waals surface area contributed by atoms with Gasteiger partial charge in [-0.25, -0.2) is 8.42 Å². The number of hydrogen-bond donors (Lipinski definition) is 1. The Morgan fingerprint density at radius 2 is 1.71 bits per heavy atom. The first-order valence-corrected chi connectivity index (χ1v) is 13.3. The van der Waals surface area contributed by atoms with Crippen LogP contribution in [0.2, 0.25) is 5.02 Å². The first kappa shape index (κ1) is 27.7. The summed E-state index contributed by atoms with van der Waals surface area (Å²) in [4.78, 5) is 28.2. The normalized spacial score (nSPS) is 12.7. The smallest absolute Gasteiger partial charge is 0.244 e. The zero-order valence-corrected chi connectivity index (χ0v) is 22.2. The van der Waals surface area contributed by atoms with E-state index in [9.17, 15) is 18.0 Å². The third-order valence-corrected chi connectivity index (χ3v) is 6.51. The van der Waals surface area contributed by atoms with Crippen LogP contribution in [0.15, 0.2) is 48.5 Å². The lowest BCUT2D eigenvalue weighted by Gasteiger charge is -2.34. The van der Waals surface area contributed by atoms with Crippen molar-refractivity contribution in [3.8, 4) is 0 Å². The Bertz CT molecular complexity index is 1110. The molecule has 0 aliphatic heterocycles. The van der Waals surface area contributed by atoms with Gasteiger partial charge in [0.25, 0.3) is 0 Å². The topological polar surface area (TPSA) is 86.8 Å². The lowest BCUT2D eigenvalue weighted by Crippen LogP contribution is -2.55. The summed E-state index contributed by atoms with van der Waals surface area (Å²) in [5.74, 6) is -0.767. The van der Waals surface area contributed by atoms with Crippen LogP contribution < -0.4 is 9.62 Å². The van der Waals surface area contributed by atoms with E-state index in [2.05, 4.69) is 5.32 Å². The Hall–Kier alpha value is -2.58. The SMILES string of the molecule is CC[C@H](C(=O)NC(C)(C)C)N(Cc1ccc(Cl)cc1)C(=O)CN(c1cccc(C)c1)S(C)(=O)=O. The van der Waals surface area contributed by atoms with Crippen molar-refractivity contribution in [2.75, 3.05) is 17.1 Å². The molecule has 186 valence electrons. The molecule has 9 heteroatoms. The highest BCUT2D eigenvalue weighted by Gasteiger charge is 2.33. The van der Waals surface area contributed by atoms with Crippen LogP contribution in [-0.4, -0.2) is 49.5 Å². The summed E-state index contributed by atoms with van der Waals surface area (Å²) in [6, 6.07) is 13.2. The van der Waals surface area contributed by atoms with E-state index in [0.29, 0.717) is 17.1 Å². The average Bonchev–Trinajstić information content (AvgIpc) is 2.71. The molecule has 0 aliphatic rings. The maximum Gasteiger partial charge on any atom is 0.244 e. The molecule has 2 aromatic rings. The van der Waals surface area contributed by atoms with Gasteiger partial charge < -0.3 is 10.2 Å². The van der Waals surface area contributed by atoms with Gasteiger partial charge in [0.05, 0.1) is 11.9 Å². The summed E-state index contributed by atoms with van der Waals surface area (Å²) in [6.45, 7) is 8.99. The summed E-state index contributed by atoms with van der Waals surface area (Å²) in [7, 11) is -3.76. The highest BCUT2D eigenvalue weighted by molar-refractivity contribution is 7.92. The molecule has 0 saturated heterocycles. The monoisotopic (exact) mass is 507 g/mol. The van der Waals surface area contributed by atoms with Crippen LogP contribution in [0.3, 0.4) is 0 Å². The highest BCUT2D eigenvalue weighted by Crippen LogP contribution is 2.21. The number of nitrogens with zero attached hydrogens (tertiary/aromatic N) is 2. The number of carbonyl (C=O) groups excluding carboxylic acids is 2. The minimum absolute atomic E-state index is 0.136. The molecular formula is C25H34ClN3O4S. The number of carbonyl (C=O) groups is 2. The number of halogens is 1. The maximum absolute atomic E-state index is 13.6. The molecule has 34 heavy (non-hydrogen) atoms. The number of hydrogen-bond acceptors (Lipinski definition) is 4. The lowest BCUT2D eigenvalue weighted by molar-refractivity contribution is -0.141. The Morgan fingerprint density at radius 3 is 2.21 bits per heavy atom. The molecule has 0 fully saturated rings.